The third-order valence-electron chi connectivity index (χ3n) is 6.31. The summed E-state index contributed by atoms with van der Waals surface area (Å²) in [7, 11) is 0. The maximum absolute atomic E-state index is 5.93. The minimum Gasteiger partial charge on any atom is -0.366 e. The molecule has 3 aliphatic heterocycles. The third kappa shape index (κ3) is 3.56. The molecule has 144 valence electrons. The van der Waals surface area contributed by atoms with Crippen LogP contribution in [0.2, 0.25) is 0 Å². The molecule has 3 aliphatic rings. The summed E-state index contributed by atoms with van der Waals surface area (Å²) < 4.78 is 11.6. The van der Waals surface area contributed by atoms with Gasteiger partial charge in [-0.15, -0.1) is 0 Å². The molecule has 0 radical (unpaired) electrons. The van der Waals surface area contributed by atoms with Crippen LogP contribution in [-0.2, 0) is 15.9 Å². The van der Waals surface area contributed by atoms with Crippen molar-refractivity contribution in [2.24, 2.45) is 0 Å². The molecule has 0 saturated carbocycles. The number of pyridine rings is 1. The molecule has 2 saturated heterocycles. The van der Waals surface area contributed by atoms with Crippen molar-refractivity contribution in [3.8, 4) is 0 Å². The number of rotatable bonds is 5. The number of hydrogen-bond donors (Lipinski definition) is 0. The largest absolute Gasteiger partial charge is 0.366 e. The summed E-state index contributed by atoms with van der Waals surface area (Å²) in [5.41, 5.74) is 2.80. The predicted molar refractivity (Wildman–Crippen MR) is 107 cm³/mol. The molecule has 27 heavy (non-hydrogen) atoms. The Kier molecular flexibility index (Phi) is 4.99. The summed E-state index contributed by atoms with van der Waals surface area (Å²) in [4.78, 5) is 9.61. The second kappa shape index (κ2) is 7.74. The highest BCUT2D eigenvalue weighted by Crippen LogP contribution is 2.36. The van der Waals surface area contributed by atoms with Gasteiger partial charge >= 0.3 is 0 Å². The number of benzene rings is 1. The Morgan fingerprint density at radius 1 is 1.15 bits per heavy atom. The standard InChI is InChI=1S/C22H29N3O2/c1-2-12-26-21(6-1)27-13-11-24-9-8-19(16-24)25-10-7-18-15-23-14-17-4-3-5-20(25)22(17)18/h3-5,14-15,19,21H,1-2,6-13,16H2. The van der Waals surface area contributed by atoms with Crippen LogP contribution in [0.1, 0.15) is 31.2 Å². The van der Waals surface area contributed by atoms with Crippen molar-refractivity contribution in [2.75, 3.05) is 44.3 Å². The van der Waals surface area contributed by atoms with E-state index in [-0.39, 0.29) is 6.29 Å². The van der Waals surface area contributed by atoms with Crippen LogP contribution < -0.4 is 4.90 Å². The Hall–Kier alpha value is -1.69. The van der Waals surface area contributed by atoms with Crippen molar-refractivity contribution in [2.45, 2.75) is 44.4 Å². The lowest BCUT2D eigenvalue weighted by Gasteiger charge is -2.36. The minimum atomic E-state index is 0.0296. The van der Waals surface area contributed by atoms with Crippen LogP contribution in [0.25, 0.3) is 10.8 Å². The van der Waals surface area contributed by atoms with Crippen molar-refractivity contribution in [3.05, 3.63) is 36.2 Å². The Morgan fingerprint density at radius 2 is 2.15 bits per heavy atom. The number of ether oxygens (including phenoxy) is 2. The first kappa shape index (κ1) is 17.4. The van der Waals surface area contributed by atoms with Crippen molar-refractivity contribution < 1.29 is 9.47 Å². The summed E-state index contributed by atoms with van der Waals surface area (Å²) >= 11 is 0. The maximum Gasteiger partial charge on any atom is 0.157 e. The number of hydrogen-bond acceptors (Lipinski definition) is 5. The summed E-state index contributed by atoms with van der Waals surface area (Å²) in [6.45, 7) is 6.04. The zero-order valence-corrected chi connectivity index (χ0v) is 16.0. The topological polar surface area (TPSA) is 37.8 Å². The van der Waals surface area contributed by atoms with Gasteiger partial charge in [-0.3, -0.25) is 9.88 Å². The molecule has 1 aromatic heterocycles. The predicted octanol–water partition coefficient (Wildman–Crippen LogP) is 3.21. The lowest BCUT2D eigenvalue weighted by Crippen LogP contribution is -2.41. The fraction of sp³-hybridized carbons (Fsp3) is 0.591. The molecular weight excluding hydrogens is 338 g/mol. The van der Waals surface area contributed by atoms with Gasteiger partial charge in [-0.25, -0.2) is 0 Å². The monoisotopic (exact) mass is 367 g/mol. The van der Waals surface area contributed by atoms with Gasteiger partial charge in [0.1, 0.15) is 0 Å². The van der Waals surface area contributed by atoms with Crippen LogP contribution in [0.4, 0.5) is 5.69 Å². The lowest BCUT2D eigenvalue weighted by molar-refractivity contribution is -0.163. The van der Waals surface area contributed by atoms with E-state index in [9.17, 15) is 0 Å². The van der Waals surface area contributed by atoms with Gasteiger partial charge in [0.25, 0.3) is 0 Å². The quantitative estimate of drug-likeness (QED) is 0.811. The van der Waals surface area contributed by atoms with E-state index in [0.29, 0.717) is 6.04 Å². The van der Waals surface area contributed by atoms with Gasteiger partial charge in [-0.2, -0.15) is 0 Å². The highest BCUT2D eigenvalue weighted by atomic mass is 16.7. The lowest BCUT2D eigenvalue weighted by atomic mass is 9.97. The fourth-order valence-corrected chi connectivity index (χ4v) is 4.88. The molecule has 0 N–H and O–H groups in total. The molecule has 2 fully saturated rings. The van der Waals surface area contributed by atoms with Gasteiger partial charge in [-0.1, -0.05) is 12.1 Å². The summed E-state index contributed by atoms with van der Waals surface area (Å²) in [5, 5.41) is 2.68. The van der Waals surface area contributed by atoms with E-state index in [1.807, 2.05) is 6.20 Å². The number of aromatic nitrogens is 1. The number of likely N-dealkylation sites (tertiary alicyclic amines) is 1. The van der Waals surface area contributed by atoms with Gasteiger partial charge in [0.2, 0.25) is 0 Å². The molecule has 5 nitrogen and oxygen atoms in total. The Balaban J connectivity index is 1.21. The van der Waals surface area contributed by atoms with Crippen molar-refractivity contribution in [3.63, 3.8) is 0 Å². The van der Waals surface area contributed by atoms with Crippen molar-refractivity contribution in [1.29, 1.82) is 0 Å². The van der Waals surface area contributed by atoms with Crippen LogP contribution in [0.3, 0.4) is 0 Å². The highest BCUT2D eigenvalue weighted by Gasteiger charge is 2.31. The summed E-state index contributed by atoms with van der Waals surface area (Å²) in [6.07, 6.45) is 9.86. The Morgan fingerprint density at radius 3 is 3.07 bits per heavy atom. The summed E-state index contributed by atoms with van der Waals surface area (Å²) in [5.74, 6) is 0. The maximum atomic E-state index is 5.93. The molecule has 2 unspecified atom stereocenters. The second-order valence-corrected chi connectivity index (χ2v) is 8.03. The molecule has 1 aromatic carbocycles. The molecule has 0 amide bonds. The Labute approximate surface area is 161 Å². The normalized spacial score (nSPS) is 26.0. The molecule has 2 atom stereocenters. The smallest absolute Gasteiger partial charge is 0.157 e. The molecule has 0 spiro atoms. The molecular formula is C22H29N3O2. The van der Waals surface area contributed by atoms with E-state index in [2.05, 4.69) is 39.2 Å². The first-order chi connectivity index (χ1) is 13.4. The Bertz CT molecular complexity index is 785. The van der Waals surface area contributed by atoms with E-state index in [4.69, 9.17) is 9.47 Å². The van der Waals surface area contributed by atoms with Crippen molar-refractivity contribution >= 4 is 16.5 Å². The van der Waals surface area contributed by atoms with Gasteiger partial charge in [0, 0.05) is 67.7 Å². The van der Waals surface area contributed by atoms with Crippen LogP contribution in [0, 0.1) is 0 Å². The number of nitrogens with zero attached hydrogens (tertiary/aromatic N) is 3. The molecule has 0 aliphatic carbocycles. The van der Waals surface area contributed by atoms with E-state index in [1.165, 1.54) is 41.3 Å². The molecule has 5 rings (SSSR count). The highest BCUT2D eigenvalue weighted by molar-refractivity contribution is 5.97. The van der Waals surface area contributed by atoms with Gasteiger partial charge in [0.05, 0.1) is 6.61 Å². The fourth-order valence-electron chi connectivity index (χ4n) is 4.88. The van der Waals surface area contributed by atoms with E-state index in [0.717, 1.165) is 52.2 Å². The van der Waals surface area contributed by atoms with Gasteiger partial charge < -0.3 is 14.4 Å². The van der Waals surface area contributed by atoms with Crippen LogP contribution in [-0.4, -0.2) is 61.6 Å². The molecule has 5 heteroatoms. The van der Waals surface area contributed by atoms with E-state index < -0.39 is 0 Å². The number of anilines is 1. The second-order valence-electron chi connectivity index (χ2n) is 8.03. The van der Waals surface area contributed by atoms with Crippen molar-refractivity contribution in [1.82, 2.24) is 9.88 Å². The minimum absolute atomic E-state index is 0.0296. The molecule has 4 heterocycles. The van der Waals surface area contributed by atoms with Crippen LogP contribution in [0.5, 0.6) is 0 Å². The zero-order chi connectivity index (χ0) is 18.1. The van der Waals surface area contributed by atoms with Gasteiger partial charge in [-0.05, 0) is 43.7 Å². The molecule has 2 aromatic rings. The van der Waals surface area contributed by atoms with Gasteiger partial charge in [0.15, 0.2) is 6.29 Å². The van der Waals surface area contributed by atoms with Crippen LogP contribution >= 0.6 is 0 Å². The average molecular weight is 367 g/mol. The van der Waals surface area contributed by atoms with E-state index in [1.54, 1.807) is 0 Å². The zero-order valence-electron chi connectivity index (χ0n) is 16.0. The van der Waals surface area contributed by atoms with E-state index >= 15 is 0 Å². The summed E-state index contributed by atoms with van der Waals surface area (Å²) in [6, 6.07) is 7.25. The van der Waals surface area contributed by atoms with Crippen LogP contribution in [0.15, 0.2) is 30.6 Å². The first-order valence-electron chi connectivity index (χ1n) is 10.5. The first-order valence-corrected chi connectivity index (χ1v) is 10.5. The average Bonchev–Trinajstić information content (AvgIpc) is 3.18. The molecule has 0 bridgehead atoms. The third-order valence-corrected chi connectivity index (χ3v) is 6.31. The SMILES string of the molecule is c1cc2c3c(cncc3c1)CCN2C1CCN(CCOC2CCCCO2)C1.